The van der Waals surface area contributed by atoms with Gasteiger partial charge < -0.3 is 10.6 Å². The van der Waals surface area contributed by atoms with Gasteiger partial charge in [-0.1, -0.05) is 18.2 Å². The van der Waals surface area contributed by atoms with Gasteiger partial charge in [0.25, 0.3) is 0 Å². The number of nitrogens with zero attached hydrogens (tertiary/aromatic N) is 3. The second-order valence-corrected chi connectivity index (χ2v) is 7.38. The zero-order chi connectivity index (χ0) is 18.1. The number of para-hydroxylation sites is 1. The van der Waals surface area contributed by atoms with Crippen LogP contribution in [0.5, 0.6) is 0 Å². The van der Waals surface area contributed by atoms with E-state index in [1.54, 1.807) is 6.07 Å². The first kappa shape index (κ1) is 17.4. The molecule has 2 aliphatic rings. The van der Waals surface area contributed by atoms with Crippen molar-refractivity contribution in [2.75, 3.05) is 26.2 Å². The van der Waals surface area contributed by atoms with Crippen LogP contribution in [0.1, 0.15) is 25.0 Å². The van der Waals surface area contributed by atoms with Gasteiger partial charge in [-0.05, 0) is 30.9 Å². The van der Waals surface area contributed by atoms with Crippen LogP contribution in [0.2, 0.25) is 0 Å². The number of amides is 1. The molecule has 2 atom stereocenters. The zero-order valence-corrected chi connectivity index (χ0v) is 14.9. The van der Waals surface area contributed by atoms with Crippen molar-refractivity contribution in [2.45, 2.75) is 31.8 Å². The lowest BCUT2D eigenvalue weighted by Gasteiger charge is -2.47. The first-order valence-corrected chi connectivity index (χ1v) is 9.42. The summed E-state index contributed by atoms with van der Waals surface area (Å²) in [6.45, 7) is 3.78. The van der Waals surface area contributed by atoms with Crippen LogP contribution in [-0.4, -0.2) is 52.9 Å². The van der Waals surface area contributed by atoms with Gasteiger partial charge in [-0.2, -0.15) is 0 Å². The Hall–Kier alpha value is -2.05. The molecule has 0 spiro atoms. The standard InChI is InChI=1S/C20H25FN4O/c21-17-3-1-2-14-4-6-16(23-20(14)17)13-24-10-8-18-15(12-24)5-7-19(26)25(18)11-9-22/h1-4,6,15,18H,5,7-13,22H2/t15-,18+/m0/s1. The molecular weight excluding hydrogens is 331 g/mol. The number of likely N-dealkylation sites (tertiary alicyclic amines) is 2. The summed E-state index contributed by atoms with van der Waals surface area (Å²) in [5.74, 6) is 0.466. The topological polar surface area (TPSA) is 62.5 Å². The van der Waals surface area contributed by atoms with E-state index in [1.807, 2.05) is 23.1 Å². The molecule has 138 valence electrons. The van der Waals surface area contributed by atoms with Gasteiger partial charge in [-0.3, -0.25) is 9.69 Å². The van der Waals surface area contributed by atoms with Crippen molar-refractivity contribution in [3.63, 3.8) is 0 Å². The summed E-state index contributed by atoms with van der Waals surface area (Å²) in [7, 11) is 0. The Morgan fingerprint density at radius 3 is 2.96 bits per heavy atom. The molecule has 3 heterocycles. The maximum atomic E-state index is 14.0. The van der Waals surface area contributed by atoms with Gasteiger partial charge in [-0.15, -0.1) is 0 Å². The number of hydrogen-bond acceptors (Lipinski definition) is 4. The molecule has 0 saturated carbocycles. The molecule has 2 aliphatic heterocycles. The van der Waals surface area contributed by atoms with Crippen molar-refractivity contribution in [3.05, 3.63) is 41.8 Å². The Morgan fingerprint density at radius 1 is 1.23 bits per heavy atom. The van der Waals surface area contributed by atoms with Gasteiger partial charge in [0.05, 0.1) is 5.69 Å². The second-order valence-electron chi connectivity index (χ2n) is 7.38. The van der Waals surface area contributed by atoms with E-state index < -0.39 is 0 Å². The third-order valence-corrected chi connectivity index (χ3v) is 5.71. The third kappa shape index (κ3) is 3.31. The Labute approximate surface area is 153 Å². The van der Waals surface area contributed by atoms with Crippen LogP contribution in [0.25, 0.3) is 10.9 Å². The summed E-state index contributed by atoms with van der Waals surface area (Å²) < 4.78 is 14.0. The number of rotatable bonds is 4. The van der Waals surface area contributed by atoms with Crippen LogP contribution in [0.15, 0.2) is 30.3 Å². The van der Waals surface area contributed by atoms with E-state index in [9.17, 15) is 9.18 Å². The van der Waals surface area contributed by atoms with E-state index in [-0.39, 0.29) is 11.7 Å². The number of benzene rings is 1. The van der Waals surface area contributed by atoms with Crippen LogP contribution in [0.4, 0.5) is 4.39 Å². The fourth-order valence-corrected chi connectivity index (χ4v) is 4.47. The predicted octanol–water partition coefficient (Wildman–Crippen LogP) is 2.15. The molecule has 0 radical (unpaired) electrons. The molecule has 0 bridgehead atoms. The fourth-order valence-electron chi connectivity index (χ4n) is 4.47. The highest BCUT2D eigenvalue weighted by Gasteiger charge is 2.38. The summed E-state index contributed by atoms with van der Waals surface area (Å²) in [5.41, 5.74) is 7.02. The second kappa shape index (κ2) is 7.29. The highest BCUT2D eigenvalue weighted by Crippen LogP contribution is 2.31. The Balaban J connectivity index is 1.46. The molecule has 2 N–H and O–H groups in total. The third-order valence-electron chi connectivity index (χ3n) is 5.71. The first-order valence-electron chi connectivity index (χ1n) is 9.42. The van der Waals surface area contributed by atoms with Crippen LogP contribution in [0, 0.1) is 11.7 Å². The minimum absolute atomic E-state index is 0.247. The van der Waals surface area contributed by atoms with Gasteiger partial charge in [0.2, 0.25) is 5.91 Å². The van der Waals surface area contributed by atoms with Crippen LogP contribution < -0.4 is 5.73 Å². The molecule has 1 amide bonds. The van der Waals surface area contributed by atoms with Crippen molar-refractivity contribution in [1.29, 1.82) is 0 Å². The number of nitrogens with two attached hydrogens (primary N) is 1. The highest BCUT2D eigenvalue weighted by atomic mass is 19.1. The van der Waals surface area contributed by atoms with Gasteiger partial charge in [0.1, 0.15) is 11.3 Å². The van der Waals surface area contributed by atoms with Crippen LogP contribution in [-0.2, 0) is 11.3 Å². The lowest BCUT2D eigenvalue weighted by Crippen LogP contribution is -2.56. The quantitative estimate of drug-likeness (QED) is 0.912. The molecule has 6 heteroatoms. The average molecular weight is 356 g/mol. The lowest BCUT2D eigenvalue weighted by atomic mass is 9.83. The molecule has 2 saturated heterocycles. The summed E-state index contributed by atoms with van der Waals surface area (Å²) in [6.07, 6.45) is 2.54. The first-order chi connectivity index (χ1) is 12.7. The van der Waals surface area contributed by atoms with Crippen molar-refractivity contribution in [1.82, 2.24) is 14.8 Å². The maximum Gasteiger partial charge on any atom is 0.222 e. The van der Waals surface area contributed by atoms with Crippen molar-refractivity contribution >= 4 is 16.8 Å². The summed E-state index contributed by atoms with van der Waals surface area (Å²) in [6, 6.07) is 9.29. The molecular formula is C20H25FN4O. The van der Waals surface area contributed by atoms with E-state index in [1.165, 1.54) is 6.07 Å². The number of piperidine rings is 2. The number of fused-ring (bicyclic) bond motifs is 2. The number of carbonyl (C=O) groups excluding carboxylic acids is 1. The van der Waals surface area contributed by atoms with Crippen molar-refractivity contribution in [3.8, 4) is 0 Å². The summed E-state index contributed by atoms with van der Waals surface area (Å²) in [5, 5.41) is 0.829. The molecule has 1 aromatic carbocycles. The van der Waals surface area contributed by atoms with Crippen molar-refractivity contribution < 1.29 is 9.18 Å². The largest absolute Gasteiger partial charge is 0.338 e. The van der Waals surface area contributed by atoms with E-state index >= 15 is 0 Å². The number of hydrogen-bond donors (Lipinski definition) is 1. The molecule has 1 aromatic heterocycles. The van der Waals surface area contributed by atoms with E-state index in [4.69, 9.17) is 5.73 Å². The van der Waals surface area contributed by atoms with E-state index in [2.05, 4.69) is 9.88 Å². The van der Waals surface area contributed by atoms with Gasteiger partial charge in [0.15, 0.2) is 0 Å². The van der Waals surface area contributed by atoms with E-state index in [0.717, 1.165) is 43.6 Å². The molecule has 0 unspecified atom stereocenters. The van der Waals surface area contributed by atoms with Crippen molar-refractivity contribution in [2.24, 2.45) is 11.7 Å². The number of halogens is 1. The normalized spacial score (nSPS) is 24.1. The molecule has 26 heavy (non-hydrogen) atoms. The minimum Gasteiger partial charge on any atom is -0.338 e. The Kier molecular flexibility index (Phi) is 4.87. The monoisotopic (exact) mass is 356 g/mol. The minimum atomic E-state index is -0.272. The fraction of sp³-hybridized carbons (Fsp3) is 0.500. The molecule has 0 aliphatic carbocycles. The number of pyridine rings is 1. The predicted molar refractivity (Wildman–Crippen MR) is 98.9 cm³/mol. The number of aromatic nitrogens is 1. The lowest BCUT2D eigenvalue weighted by molar-refractivity contribution is -0.141. The highest BCUT2D eigenvalue weighted by molar-refractivity contribution is 5.79. The molecule has 2 fully saturated rings. The van der Waals surface area contributed by atoms with Gasteiger partial charge in [0, 0.05) is 50.6 Å². The molecule has 4 rings (SSSR count). The van der Waals surface area contributed by atoms with Crippen LogP contribution >= 0.6 is 0 Å². The Morgan fingerprint density at radius 2 is 2.12 bits per heavy atom. The molecule has 5 nitrogen and oxygen atoms in total. The smallest absolute Gasteiger partial charge is 0.222 e. The summed E-state index contributed by atoms with van der Waals surface area (Å²) in [4.78, 5) is 21.1. The maximum absolute atomic E-state index is 14.0. The van der Waals surface area contributed by atoms with Crippen LogP contribution in [0.3, 0.4) is 0 Å². The zero-order valence-electron chi connectivity index (χ0n) is 14.9. The summed E-state index contributed by atoms with van der Waals surface area (Å²) >= 11 is 0. The Bertz CT molecular complexity index is 811. The SMILES string of the molecule is NCCN1C(=O)CC[C@H]2CN(Cc3ccc4cccc(F)c4n3)CC[C@H]21. The number of carbonyl (C=O) groups is 1. The van der Waals surface area contributed by atoms with E-state index in [0.29, 0.717) is 37.0 Å². The van der Waals surface area contributed by atoms with Gasteiger partial charge >= 0.3 is 0 Å². The molecule has 2 aromatic rings. The average Bonchev–Trinajstić information content (AvgIpc) is 2.65. The van der Waals surface area contributed by atoms with Gasteiger partial charge in [-0.25, -0.2) is 9.37 Å².